The number of nitrogens with zero attached hydrogens (tertiary/aromatic N) is 2. The second kappa shape index (κ2) is 6.13. The van der Waals surface area contributed by atoms with E-state index < -0.39 is 0 Å². The van der Waals surface area contributed by atoms with Crippen molar-refractivity contribution in [3.63, 3.8) is 0 Å². The summed E-state index contributed by atoms with van der Waals surface area (Å²) in [6, 6.07) is 5.05. The minimum Gasteiger partial charge on any atom is -0.354 e. The third kappa shape index (κ3) is 3.72. The molecule has 0 aliphatic heterocycles. The van der Waals surface area contributed by atoms with Crippen LogP contribution in [-0.2, 0) is 12.0 Å². The van der Waals surface area contributed by atoms with Crippen LogP contribution in [0.2, 0.25) is 0 Å². The Balaban J connectivity index is 2.32. The molecule has 112 valence electrons. The van der Waals surface area contributed by atoms with Crippen LogP contribution >= 0.6 is 0 Å². The van der Waals surface area contributed by atoms with Crippen molar-refractivity contribution < 1.29 is 0 Å². The lowest BCUT2D eigenvalue weighted by Gasteiger charge is -2.27. The average molecular weight is 275 g/mol. The van der Waals surface area contributed by atoms with Gasteiger partial charge in [-0.2, -0.15) is 0 Å². The van der Waals surface area contributed by atoms with Gasteiger partial charge < -0.3 is 10.6 Å². The van der Waals surface area contributed by atoms with Crippen LogP contribution in [0, 0.1) is 0 Å². The second-order valence-electron chi connectivity index (χ2n) is 6.95. The molecule has 1 aromatic rings. The molecule has 0 aromatic carbocycles. The highest BCUT2D eigenvalue weighted by Gasteiger charge is 2.30. The zero-order valence-corrected chi connectivity index (χ0v) is 13.4. The van der Waals surface area contributed by atoms with Gasteiger partial charge in [0.15, 0.2) is 0 Å². The predicted molar refractivity (Wildman–Crippen MR) is 86.1 cm³/mol. The summed E-state index contributed by atoms with van der Waals surface area (Å²) in [6.07, 6.45) is 5.08. The first kappa shape index (κ1) is 15.3. The first-order valence-corrected chi connectivity index (χ1v) is 7.94. The molecule has 1 heterocycles. The number of nitrogens with two attached hydrogens (primary N) is 1. The number of hydrogen-bond acceptors (Lipinski definition) is 3. The van der Waals surface area contributed by atoms with Gasteiger partial charge in [-0.25, -0.2) is 4.98 Å². The molecule has 0 atom stereocenters. The quantitative estimate of drug-likeness (QED) is 0.862. The zero-order chi connectivity index (χ0) is 14.8. The van der Waals surface area contributed by atoms with Crippen LogP contribution in [0.5, 0.6) is 0 Å². The topological polar surface area (TPSA) is 42.1 Å². The van der Waals surface area contributed by atoms with Gasteiger partial charge in [0.2, 0.25) is 0 Å². The molecule has 3 nitrogen and oxygen atoms in total. The summed E-state index contributed by atoms with van der Waals surface area (Å²) >= 11 is 0. The van der Waals surface area contributed by atoms with Crippen molar-refractivity contribution in [1.29, 1.82) is 0 Å². The van der Waals surface area contributed by atoms with Gasteiger partial charge in [0, 0.05) is 30.2 Å². The van der Waals surface area contributed by atoms with Gasteiger partial charge in [-0.05, 0) is 37.0 Å². The van der Waals surface area contributed by atoms with E-state index in [0.717, 1.165) is 18.1 Å². The molecule has 1 aliphatic carbocycles. The standard InChI is InChI=1S/C17H29N3/c1-5-6-9-20(14-7-8-14)16-11-13(12-18)10-15(19-16)17(2,3)4/h10-11,14H,5-9,12,18H2,1-4H3. The molecule has 3 heteroatoms. The Bertz CT molecular complexity index is 444. The lowest BCUT2D eigenvalue weighted by molar-refractivity contribution is 0.565. The fourth-order valence-electron chi connectivity index (χ4n) is 2.42. The molecular weight excluding hydrogens is 246 g/mol. The molecule has 0 saturated heterocycles. The van der Waals surface area contributed by atoms with Gasteiger partial charge in [-0.3, -0.25) is 0 Å². The highest BCUT2D eigenvalue weighted by molar-refractivity contribution is 5.46. The van der Waals surface area contributed by atoms with Crippen molar-refractivity contribution in [2.45, 2.75) is 71.4 Å². The number of rotatable bonds is 6. The Morgan fingerprint density at radius 3 is 2.50 bits per heavy atom. The van der Waals surface area contributed by atoms with E-state index in [1.807, 2.05) is 0 Å². The number of unbranched alkanes of at least 4 members (excludes halogenated alkanes) is 1. The van der Waals surface area contributed by atoms with Crippen molar-refractivity contribution in [2.24, 2.45) is 5.73 Å². The van der Waals surface area contributed by atoms with Gasteiger partial charge in [-0.1, -0.05) is 34.1 Å². The lowest BCUT2D eigenvalue weighted by atomic mass is 9.90. The fourth-order valence-corrected chi connectivity index (χ4v) is 2.42. The first-order valence-electron chi connectivity index (χ1n) is 7.94. The van der Waals surface area contributed by atoms with Crippen molar-refractivity contribution >= 4 is 5.82 Å². The van der Waals surface area contributed by atoms with Crippen molar-refractivity contribution in [3.8, 4) is 0 Å². The Labute approximate surface area is 123 Å². The smallest absolute Gasteiger partial charge is 0.129 e. The number of pyridine rings is 1. The van der Waals surface area contributed by atoms with Crippen LogP contribution in [-0.4, -0.2) is 17.6 Å². The molecule has 2 rings (SSSR count). The van der Waals surface area contributed by atoms with Crippen molar-refractivity contribution in [2.75, 3.05) is 11.4 Å². The summed E-state index contributed by atoms with van der Waals surface area (Å²) in [5.41, 5.74) is 8.29. The van der Waals surface area contributed by atoms with Crippen LogP contribution in [0.1, 0.15) is 64.6 Å². The van der Waals surface area contributed by atoms with E-state index in [2.05, 4.69) is 44.7 Å². The van der Waals surface area contributed by atoms with Gasteiger partial charge in [-0.15, -0.1) is 0 Å². The van der Waals surface area contributed by atoms with E-state index in [4.69, 9.17) is 10.7 Å². The summed E-state index contributed by atoms with van der Waals surface area (Å²) in [4.78, 5) is 7.44. The fraction of sp³-hybridized carbons (Fsp3) is 0.706. The van der Waals surface area contributed by atoms with Gasteiger partial charge in [0.25, 0.3) is 0 Å². The monoisotopic (exact) mass is 275 g/mol. The lowest BCUT2D eigenvalue weighted by Crippen LogP contribution is -2.29. The van der Waals surface area contributed by atoms with E-state index in [1.165, 1.54) is 31.2 Å². The average Bonchev–Trinajstić information content (AvgIpc) is 3.22. The van der Waals surface area contributed by atoms with Gasteiger partial charge in [0.05, 0.1) is 0 Å². The third-order valence-electron chi connectivity index (χ3n) is 3.91. The number of anilines is 1. The normalized spacial score (nSPS) is 15.4. The van der Waals surface area contributed by atoms with Gasteiger partial charge >= 0.3 is 0 Å². The summed E-state index contributed by atoms with van der Waals surface area (Å²) in [6.45, 7) is 10.6. The van der Waals surface area contributed by atoms with E-state index in [9.17, 15) is 0 Å². The summed E-state index contributed by atoms with van der Waals surface area (Å²) in [5.74, 6) is 1.13. The van der Waals surface area contributed by atoms with Crippen LogP contribution in [0.3, 0.4) is 0 Å². The highest BCUT2D eigenvalue weighted by atomic mass is 15.2. The second-order valence-corrected chi connectivity index (χ2v) is 6.95. The van der Waals surface area contributed by atoms with Crippen LogP contribution in [0.4, 0.5) is 5.82 Å². The minimum absolute atomic E-state index is 0.0694. The molecule has 20 heavy (non-hydrogen) atoms. The number of hydrogen-bond donors (Lipinski definition) is 1. The maximum atomic E-state index is 5.88. The summed E-state index contributed by atoms with van der Waals surface area (Å²) < 4.78 is 0. The number of aromatic nitrogens is 1. The highest BCUT2D eigenvalue weighted by Crippen LogP contribution is 2.33. The molecule has 2 N–H and O–H groups in total. The van der Waals surface area contributed by atoms with Crippen LogP contribution < -0.4 is 10.6 Å². The van der Waals surface area contributed by atoms with Crippen molar-refractivity contribution in [1.82, 2.24) is 4.98 Å². The molecule has 1 saturated carbocycles. The van der Waals surface area contributed by atoms with Crippen LogP contribution in [0.25, 0.3) is 0 Å². The molecule has 0 unspecified atom stereocenters. The van der Waals surface area contributed by atoms with Crippen LogP contribution in [0.15, 0.2) is 12.1 Å². The Hall–Kier alpha value is -1.09. The summed E-state index contributed by atoms with van der Waals surface area (Å²) in [7, 11) is 0. The Kier molecular flexibility index (Phi) is 4.69. The predicted octanol–water partition coefficient (Wildman–Crippen LogP) is 3.61. The van der Waals surface area contributed by atoms with E-state index in [1.54, 1.807) is 0 Å². The van der Waals surface area contributed by atoms with E-state index >= 15 is 0 Å². The minimum atomic E-state index is 0.0694. The van der Waals surface area contributed by atoms with Crippen molar-refractivity contribution in [3.05, 3.63) is 23.4 Å². The largest absolute Gasteiger partial charge is 0.354 e. The SMILES string of the molecule is CCCCN(c1cc(CN)cc(C(C)(C)C)n1)C1CC1. The first-order chi connectivity index (χ1) is 9.45. The zero-order valence-electron chi connectivity index (χ0n) is 13.4. The van der Waals surface area contributed by atoms with E-state index in [-0.39, 0.29) is 5.41 Å². The van der Waals surface area contributed by atoms with E-state index in [0.29, 0.717) is 12.6 Å². The van der Waals surface area contributed by atoms with Gasteiger partial charge in [0.1, 0.15) is 5.82 Å². The Morgan fingerprint density at radius 1 is 1.30 bits per heavy atom. The maximum absolute atomic E-state index is 5.88. The molecule has 0 bridgehead atoms. The third-order valence-corrected chi connectivity index (χ3v) is 3.91. The molecule has 0 amide bonds. The molecule has 0 spiro atoms. The molecule has 1 aromatic heterocycles. The molecule has 0 radical (unpaired) electrons. The summed E-state index contributed by atoms with van der Waals surface area (Å²) in [5, 5.41) is 0. The molecule has 1 aliphatic rings. The Morgan fingerprint density at radius 2 is 2.00 bits per heavy atom. The molecule has 1 fully saturated rings. The molecular formula is C17H29N3. The maximum Gasteiger partial charge on any atom is 0.129 e.